The largest absolute Gasteiger partial charge is 0.332 e. The fourth-order valence-electron chi connectivity index (χ4n) is 2.45. The highest BCUT2D eigenvalue weighted by molar-refractivity contribution is 7.89. The molecule has 3 N–H and O–H groups in total. The maximum atomic E-state index is 11.7. The zero-order chi connectivity index (χ0) is 17.9. The smallest absolute Gasteiger partial charge is 0.240 e. The fraction of sp³-hybridized carbons (Fsp3) is 0.0556. The highest BCUT2D eigenvalue weighted by Gasteiger charge is 2.10. The van der Waals surface area contributed by atoms with Crippen molar-refractivity contribution < 1.29 is 8.42 Å². The van der Waals surface area contributed by atoms with Crippen molar-refractivity contribution in [1.82, 2.24) is 4.72 Å². The van der Waals surface area contributed by atoms with E-state index in [0.717, 1.165) is 16.5 Å². The number of sulfonamides is 1. The lowest BCUT2D eigenvalue weighted by Gasteiger charge is -2.13. The molecular weight excluding hydrogens is 354 g/mol. The molecule has 0 aliphatic rings. The van der Waals surface area contributed by atoms with Crippen LogP contribution in [0.5, 0.6) is 0 Å². The lowest BCUT2D eigenvalue weighted by Crippen LogP contribution is -2.20. The van der Waals surface area contributed by atoms with Crippen molar-refractivity contribution in [3.05, 3.63) is 66.7 Å². The molecule has 25 heavy (non-hydrogen) atoms. The molecule has 0 amide bonds. The molecule has 0 aliphatic heterocycles. The van der Waals surface area contributed by atoms with Crippen molar-refractivity contribution in [2.75, 3.05) is 17.7 Å². The topological polar surface area (TPSA) is 70.2 Å². The Hall–Kier alpha value is -2.48. The molecule has 0 saturated heterocycles. The molecule has 0 aliphatic carbocycles. The third-order valence-corrected chi connectivity index (χ3v) is 5.36. The Balaban J connectivity index is 1.74. The molecule has 5 nitrogen and oxygen atoms in total. The van der Waals surface area contributed by atoms with E-state index in [1.807, 2.05) is 42.5 Å². The predicted molar refractivity (Wildman–Crippen MR) is 106 cm³/mol. The maximum Gasteiger partial charge on any atom is 0.240 e. The number of hydrogen-bond donors (Lipinski definition) is 3. The van der Waals surface area contributed by atoms with Crippen LogP contribution >= 0.6 is 12.2 Å². The molecular formula is C18H17N3O2S2. The highest BCUT2D eigenvalue weighted by Crippen LogP contribution is 2.23. The summed E-state index contributed by atoms with van der Waals surface area (Å²) in [7, 11) is -2.06. The van der Waals surface area contributed by atoms with Gasteiger partial charge in [0, 0.05) is 16.8 Å². The van der Waals surface area contributed by atoms with Crippen LogP contribution in [0.15, 0.2) is 71.6 Å². The summed E-state index contributed by atoms with van der Waals surface area (Å²) in [6.45, 7) is 0. The molecule has 0 heterocycles. The van der Waals surface area contributed by atoms with Gasteiger partial charge in [0.1, 0.15) is 0 Å². The lowest BCUT2D eigenvalue weighted by atomic mass is 10.1. The van der Waals surface area contributed by atoms with Gasteiger partial charge in [-0.05, 0) is 55.0 Å². The van der Waals surface area contributed by atoms with Gasteiger partial charge in [0.2, 0.25) is 10.0 Å². The molecule has 0 unspecified atom stereocenters. The molecule has 0 aromatic heterocycles. The Morgan fingerprint density at radius 2 is 1.56 bits per heavy atom. The quantitative estimate of drug-likeness (QED) is 0.612. The van der Waals surface area contributed by atoms with Crippen LogP contribution in [0.2, 0.25) is 0 Å². The molecule has 0 atom stereocenters. The van der Waals surface area contributed by atoms with E-state index in [9.17, 15) is 8.42 Å². The van der Waals surface area contributed by atoms with Crippen LogP contribution in [0.25, 0.3) is 10.8 Å². The molecule has 3 aromatic rings. The molecule has 128 valence electrons. The van der Waals surface area contributed by atoms with Gasteiger partial charge in [0.15, 0.2) is 5.11 Å². The number of anilines is 2. The number of fused-ring (bicyclic) bond motifs is 1. The van der Waals surface area contributed by atoms with Crippen LogP contribution in [0, 0.1) is 0 Å². The normalized spacial score (nSPS) is 11.2. The fourth-order valence-corrected chi connectivity index (χ4v) is 3.41. The second kappa shape index (κ2) is 7.18. The third-order valence-electron chi connectivity index (χ3n) is 3.73. The second-order valence-electron chi connectivity index (χ2n) is 5.34. The standard InChI is InChI=1S/C18H17N3O2S2/c1-19-25(22,23)15-11-9-14(10-12-15)20-18(24)21-17-8-4-6-13-5-2-3-7-16(13)17/h2-12,19H,1H3,(H2,20,21,24). The van der Waals surface area contributed by atoms with E-state index in [0.29, 0.717) is 10.8 Å². The average Bonchev–Trinajstić information content (AvgIpc) is 2.62. The number of thiocarbonyl (C=S) groups is 1. The first-order chi connectivity index (χ1) is 12.0. The monoisotopic (exact) mass is 371 g/mol. The van der Waals surface area contributed by atoms with Gasteiger partial charge in [-0.3, -0.25) is 0 Å². The average molecular weight is 371 g/mol. The predicted octanol–water partition coefficient (Wildman–Crippen LogP) is 3.56. The van der Waals surface area contributed by atoms with Crippen molar-refractivity contribution in [2.24, 2.45) is 0 Å². The van der Waals surface area contributed by atoms with Crippen LogP contribution in [0.4, 0.5) is 11.4 Å². The van der Waals surface area contributed by atoms with Crippen LogP contribution in [0.3, 0.4) is 0 Å². The van der Waals surface area contributed by atoms with Gasteiger partial charge in [0.25, 0.3) is 0 Å². The van der Waals surface area contributed by atoms with E-state index < -0.39 is 10.0 Å². The van der Waals surface area contributed by atoms with Crippen LogP contribution < -0.4 is 15.4 Å². The molecule has 0 bridgehead atoms. The Labute approximate surface area is 152 Å². The summed E-state index contributed by atoms with van der Waals surface area (Å²) in [5.41, 5.74) is 1.61. The SMILES string of the molecule is CNS(=O)(=O)c1ccc(NC(=S)Nc2cccc3ccccc23)cc1. The summed E-state index contributed by atoms with van der Waals surface area (Å²) < 4.78 is 25.7. The number of nitrogens with one attached hydrogen (secondary N) is 3. The maximum absolute atomic E-state index is 11.7. The lowest BCUT2D eigenvalue weighted by molar-refractivity contribution is 0.588. The Kier molecular flexibility index (Phi) is 4.98. The zero-order valence-corrected chi connectivity index (χ0v) is 15.1. The van der Waals surface area contributed by atoms with Crippen molar-refractivity contribution in [2.45, 2.75) is 4.90 Å². The van der Waals surface area contributed by atoms with E-state index in [2.05, 4.69) is 15.4 Å². The van der Waals surface area contributed by atoms with E-state index in [1.54, 1.807) is 12.1 Å². The Morgan fingerprint density at radius 1 is 0.880 bits per heavy atom. The first kappa shape index (κ1) is 17.3. The summed E-state index contributed by atoms with van der Waals surface area (Å²) in [6, 6.07) is 20.4. The third kappa shape index (κ3) is 3.96. The van der Waals surface area contributed by atoms with Gasteiger partial charge in [-0.15, -0.1) is 0 Å². The second-order valence-corrected chi connectivity index (χ2v) is 7.63. The first-order valence-corrected chi connectivity index (χ1v) is 9.48. The minimum atomic E-state index is -3.44. The molecule has 0 saturated carbocycles. The molecule has 0 fully saturated rings. The van der Waals surface area contributed by atoms with Crippen molar-refractivity contribution in [3.8, 4) is 0 Å². The van der Waals surface area contributed by atoms with E-state index >= 15 is 0 Å². The first-order valence-electron chi connectivity index (χ1n) is 7.59. The van der Waals surface area contributed by atoms with Gasteiger partial charge < -0.3 is 10.6 Å². The van der Waals surface area contributed by atoms with Gasteiger partial charge in [-0.1, -0.05) is 36.4 Å². The summed E-state index contributed by atoms with van der Waals surface area (Å²) in [4.78, 5) is 0.202. The number of rotatable bonds is 4. The summed E-state index contributed by atoms with van der Waals surface area (Å²) in [6.07, 6.45) is 0. The number of hydrogen-bond acceptors (Lipinski definition) is 3. The van der Waals surface area contributed by atoms with Crippen molar-refractivity contribution >= 4 is 49.5 Å². The van der Waals surface area contributed by atoms with Crippen LogP contribution in [0.1, 0.15) is 0 Å². The van der Waals surface area contributed by atoms with Crippen molar-refractivity contribution in [1.29, 1.82) is 0 Å². The Bertz CT molecular complexity index is 1010. The molecule has 3 aromatic carbocycles. The zero-order valence-electron chi connectivity index (χ0n) is 13.5. The van der Waals surface area contributed by atoms with E-state index in [1.165, 1.54) is 19.2 Å². The van der Waals surface area contributed by atoms with Crippen molar-refractivity contribution in [3.63, 3.8) is 0 Å². The minimum absolute atomic E-state index is 0.202. The minimum Gasteiger partial charge on any atom is -0.332 e. The summed E-state index contributed by atoms with van der Waals surface area (Å²) >= 11 is 5.36. The Morgan fingerprint density at radius 3 is 2.28 bits per heavy atom. The molecule has 0 radical (unpaired) electrons. The molecule has 0 spiro atoms. The van der Waals surface area contributed by atoms with E-state index in [-0.39, 0.29) is 4.90 Å². The highest BCUT2D eigenvalue weighted by atomic mass is 32.2. The summed E-state index contributed by atoms with van der Waals surface area (Å²) in [5, 5.41) is 8.86. The molecule has 7 heteroatoms. The summed E-state index contributed by atoms with van der Waals surface area (Å²) in [5.74, 6) is 0. The molecule has 3 rings (SSSR count). The van der Waals surface area contributed by atoms with Gasteiger partial charge in [-0.25, -0.2) is 13.1 Å². The van der Waals surface area contributed by atoms with Gasteiger partial charge >= 0.3 is 0 Å². The number of benzene rings is 3. The van der Waals surface area contributed by atoms with Crippen LogP contribution in [-0.2, 0) is 10.0 Å². The van der Waals surface area contributed by atoms with Gasteiger partial charge in [-0.2, -0.15) is 0 Å². The van der Waals surface area contributed by atoms with Gasteiger partial charge in [0.05, 0.1) is 4.90 Å². The van der Waals surface area contributed by atoms with Crippen LogP contribution in [-0.4, -0.2) is 20.6 Å². The van der Waals surface area contributed by atoms with E-state index in [4.69, 9.17) is 12.2 Å².